The number of pyridine rings is 1. The molecule has 0 atom stereocenters. The predicted molar refractivity (Wildman–Crippen MR) is 116 cm³/mol. The molecule has 5 rings (SSSR count). The van der Waals surface area contributed by atoms with Gasteiger partial charge in [-0.1, -0.05) is 18.2 Å². The van der Waals surface area contributed by atoms with Crippen LogP contribution in [0.5, 0.6) is 5.75 Å². The Morgan fingerprint density at radius 3 is 2.45 bits per heavy atom. The molecule has 2 aliphatic heterocycles. The third-order valence-corrected chi connectivity index (χ3v) is 5.30. The lowest BCUT2D eigenvalue weighted by Gasteiger charge is -2.16. The molecule has 4 nitrogen and oxygen atoms in total. The Morgan fingerprint density at radius 2 is 1.68 bits per heavy atom. The van der Waals surface area contributed by atoms with Crippen LogP contribution in [0.25, 0.3) is 33.4 Å². The zero-order chi connectivity index (χ0) is 21.4. The molecule has 0 bridgehead atoms. The van der Waals surface area contributed by atoms with Gasteiger partial charge in [-0.25, -0.2) is 8.78 Å². The third kappa shape index (κ3) is 3.50. The van der Waals surface area contributed by atoms with Gasteiger partial charge in [0.05, 0.1) is 18.7 Å². The number of ether oxygens (including phenoxy) is 1. The van der Waals surface area contributed by atoms with Crippen molar-refractivity contribution in [2.75, 3.05) is 6.61 Å². The molecule has 2 aliphatic rings. The summed E-state index contributed by atoms with van der Waals surface area (Å²) in [6, 6.07) is 18.7. The molecule has 0 unspecified atom stereocenters. The molecule has 3 aromatic rings. The van der Waals surface area contributed by atoms with E-state index in [0.29, 0.717) is 24.4 Å². The van der Waals surface area contributed by atoms with Gasteiger partial charge in [0.1, 0.15) is 28.8 Å². The van der Waals surface area contributed by atoms with Crippen LogP contribution in [0.4, 0.5) is 8.78 Å². The second kappa shape index (κ2) is 7.80. The lowest BCUT2D eigenvalue weighted by atomic mass is 10.0. The van der Waals surface area contributed by atoms with E-state index < -0.39 is 0 Å². The van der Waals surface area contributed by atoms with Gasteiger partial charge in [-0.05, 0) is 55.5 Å². The SMILES string of the molecule is CCOc1ccc2c(c1)c1nnc(-c3ccc(F)cc3)c-1cn2Cc1ccccc1F. The van der Waals surface area contributed by atoms with E-state index in [1.165, 1.54) is 18.2 Å². The van der Waals surface area contributed by atoms with Crippen LogP contribution in [0.15, 0.2) is 72.9 Å². The van der Waals surface area contributed by atoms with E-state index in [4.69, 9.17) is 4.74 Å². The Balaban J connectivity index is 1.74. The van der Waals surface area contributed by atoms with Gasteiger partial charge in [0.15, 0.2) is 0 Å². The van der Waals surface area contributed by atoms with Gasteiger partial charge in [-0.15, -0.1) is 10.2 Å². The molecule has 0 saturated carbocycles. The number of halogens is 2. The van der Waals surface area contributed by atoms with Gasteiger partial charge >= 0.3 is 0 Å². The summed E-state index contributed by atoms with van der Waals surface area (Å²) in [4.78, 5) is 0. The summed E-state index contributed by atoms with van der Waals surface area (Å²) in [7, 11) is 0. The van der Waals surface area contributed by atoms with Gasteiger partial charge < -0.3 is 9.30 Å². The highest BCUT2D eigenvalue weighted by molar-refractivity contribution is 5.98. The molecule has 154 valence electrons. The van der Waals surface area contributed by atoms with E-state index in [1.807, 2.05) is 42.0 Å². The van der Waals surface area contributed by atoms with Crippen molar-refractivity contribution < 1.29 is 13.5 Å². The highest BCUT2D eigenvalue weighted by Crippen LogP contribution is 2.38. The molecule has 0 radical (unpaired) electrons. The fourth-order valence-electron chi connectivity index (χ4n) is 3.84. The Morgan fingerprint density at radius 1 is 0.903 bits per heavy atom. The quantitative estimate of drug-likeness (QED) is 0.357. The average molecular weight is 415 g/mol. The molecule has 3 aromatic carbocycles. The summed E-state index contributed by atoms with van der Waals surface area (Å²) >= 11 is 0. The van der Waals surface area contributed by atoms with Crippen molar-refractivity contribution in [3.05, 3.63) is 90.1 Å². The number of benzene rings is 3. The summed E-state index contributed by atoms with van der Waals surface area (Å²) in [5, 5.41) is 9.67. The van der Waals surface area contributed by atoms with Crippen molar-refractivity contribution in [1.29, 1.82) is 0 Å². The van der Waals surface area contributed by atoms with Gasteiger partial charge in [-0.2, -0.15) is 0 Å². The van der Waals surface area contributed by atoms with Crippen molar-refractivity contribution in [1.82, 2.24) is 14.8 Å². The van der Waals surface area contributed by atoms with E-state index in [0.717, 1.165) is 33.5 Å². The van der Waals surface area contributed by atoms with Crippen LogP contribution < -0.4 is 4.74 Å². The molecule has 0 aromatic heterocycles. The van der Waals surface area contributed by atoms with Crippen LogP contribution in [0.3, 0.4) is 0 Å². The molecule has 6 heteroatoms. The normalized spacial score (nSPS) is 11.3. The zero-order valence-electron chi connectivity index (χ0n) is 16.8. The highest BCUT2D eigenvalue weighted by Gasteiger charge is 2.21. The van der Waals surface area contributed by atoms with Crippen LogP contribution in [0, 0.1) is 11.6 Å². The Labute approximate surface area is 178 Å². The number of aromatic nitrogens is 3. The standard InChI is InChI=1S/C25H19F2N3O/c1-2-31-19-11-12-23-20(13-19)25-21(15-30(23)14-17-5-3-4-6-22(17)27)24(28-29-25)16-7-9-18(26)10-8-16/h3-13,15H,2,14H2,1H3. The van der Waals surface area contributed by atoms with Crippen LogP contribution in [0.1, 0.15) is 12.5 Å². The number of hydrogen-bond acceptors (Lipinski definition) is 3. The van der Waals surface area contributed by atoms with Crippen LogP contribution >= 0.6 is 0 Å². The van der Waals surface area contributed by atoms with Crippen molar-refractivity contribution in [3.8, 4) is 28.3 Å². The van der Waals surface area contributed by atoms with E-state index in [1.54, 1.807) is 24.3 Å². The van der Waals surface area contributed by atoms with Crippen molar-refractivity contribution in [3.63, 3.8) is 0 Å². The average Bonchev–Trinajstić information content (AvgIpc) is 3.20. The first kappa shape index (κ1) is 19.2. The second-order valence-corrected chi connectivity index (χ2v) is 7.28. The van der Waals surface area contributed by atoms with Crippen molar-refractivity contribution >= 4 is 10.9 Å². The monoisotopic (exact) mass is 415 g/mol. The maximum absolute atomic E-state index is 14.4. The first-order valence-electron chi connectivity index (χ1n) is 10.1. The predicted octanol–water partition coefficient (Wildman–Crippen LogP) is 5.93. The minimum absolute atomic E-state index is 0.258. The molecule has 0 amide bonds. The molecule has 2 heterocycles. The molecule has 0 N–H and O–H groups in total. The fourth-order valence-corrected chi connectivity index (χ4v) is 3.84. The molecule has 0 aliphatic carbocycles. The van der Waals surface area contributed by atoms with Crippen molar-refractivity contribution in [2.24, 2.45) is 0 Å². The van der Waals surface area contributed by atoms with E-state index >= 15 is 0 Å². The van der Waals surface area contributed by atoms with Crippen molar-refractivity contribution in [2.45, 2.75) is 13.5 Å². The summed E-state index contributed by atoms with van der Waals surface area (Å²) in [5.41, 5.74) is 4.43. The largest absolute Gasteiger partial charge is 0.494 e. The smallest absolute Gasteiger partial charge is 0.128 e. The summed E-state index contributed by atoms with van der Waals surface area (Å²) in [5.74, 6) is 0.159. The minimum Gasteiger partial charge on any atom is -0.494 e. The number of nitrogens with zero attached hydrogens (tertiary/aromatic N) is 3. The first-order valence-corrected chi connectivity index (χ1v) is 10.1. The van der Waals surface area contributed by atoms with Gasteiger partial charge in [-0.3, -0.25) is 0 Å². The van der Waals surface area contributed by atoms with Gasteiger partial charge in [0.2, 0.25) is 0 Å². The van der Waals surface area contributed by atoms with Gasteiger partial charge in [0.25, 0.3) is 0 Å². The molecular formula is C25H19F2N3O. The Bertz CT molecular complexity index is 1350. The first-order chi connectivity index (χ1) is 15.1. The van der Waals surface area contributed by atoms with Crippen LogP contribution in [-0.4, -0.2) is 21.4 Å². The highest BCUT2D eigenvalue weighted by atomic mass is 19.1. The molecule has 0 fully saturated rings. The minimum atomic E-state index is -0.311. The lowest BCUT2D eigenvalue weighted by Crippen LogP contribution is -2.06. The fraction of sp³-hybridized carbons (Fsp3) is 0.120. The van der Waals surface area contributed by atoms with Crippen LogP contribution in [-0.2, 0) is 6.54 Å². The Kier molecular flexibility index (Phi) is 4.82. The molecule has 0 saturated heterocycles. The molecule has 31 heavy (non-hydrogen) atoms. The third-order valence-electron chi connectivity index (χ3n) is 5.30. The maximum atomic E-state index is 14.4. The number of hydrogen-bond donors (Lipinski definition) is 0. The Hall–Kier alpha value is -3.80. The maximum Gasteiger partial charge on any atom is 0.128 e. The van der Waals surface area contributed by atoms with Crippen LogP contribution in [0.2, 0.25) is 0 Å². The summed E-state index contributed by atoms with van der Waals surface area (Å²) in [6.45, 7) is 2.82. The number of rotatable bonds is 5. The number of fused-ring (bicyclic) bond motifs is 3. The zero-order valence-corrected chi connectivity index (χ0v) is 16.8. The lowest BCUT2D eigenvalue weighted by molar-refractivity contribution is 0.340. The summed E-state index contributed by atoms with van der Waals surface area (Å²) in [6.07, 6.45) is 1.93. The van der Waals surface area contributed by atoms with E-state index in [9.17, 15) is 8.78 Å². The second-order valence-electron chi connectivity index (χ2n) is 7.28. The van der Waals surface area contributed by atoms with Gasteiger partial charge in [0, 0.05) is 28.3 Å². The molecule has 0 spiro atoms. The summed E-state index contributed by atoms with van der Waals surface area (Å²) < 4.78 is 35.5. The molecular weight excluding hydrogens is 396 g/mol. The van der Waals surface area contributed by atoms with E-state index in [2.05, 4.69) is 10.2 Å². The van der Waals surface area contributed by atoms with E-state index in [-0.39, 0.29) is 11.6 Å². The topological polar surface area (TPSA) is 39.9 Å².